The van der Waals surface area contributed by atoms with Gasteiger partial charge < -0.3 is 14.6 Å². The molecule has 0 amide bonds. The largest absolute Gasteiger partial charge is 0.508 e. The maximum absolute atomic E-state index is 10.4. The van der Waals surface area contributed by atoms with E-state index < -0.39 is 0 Å². The first-order valence-corrected chi connectivity index (χ1v) is 5.09. The van der Waals surface area contributed by atoms with E-state index in [1.165, 1.54) is 0 Å². The zero-order valence-electron chi connectivity index (χ0n) is 9.06. The van der Waals surface area contributed by atoms with Crippen molar-refractivity contribution in [3.8, 4) is 11.5 Å². The molecule has 1 aromatic rings. The van der Waals surface area contributed by atoms with Gasteiger partial charge in [0.05, 0.1) is 6.61 Å². The molecule has 0 saturated carbocycles. The molecule has 0 aliphatic heterocycles. The first-order chi connectivity index (χ1) is 7.20. The van der Waals surface area contributed by atoms with E-state index >= 15 is 0 Å². The van der Waals surface area contributed by atoms with Gasteiger partial charge in [0.15, 0.2) is 0 Å². The molecule has 82 valence electrons. The molecule has 0 bridgehead atoms. The van der Waals surface area contributed by atoms with Gasteiger partial charge >= 0.3 is 0 Å². The lowest BCUT2D eigenvalue weighted by atomic mass is 9.96. The van der Waals surface area contributed by atoms with Gasteiger partial charge in [0.25, 0.3) is 0 Å². The van der Waals surface area contributed by atoms with Crippen LogP contribution in [-0.4, -0.2) is 18.0 Å². The van der Waals surface area contributed by atoms with E-state index in [1.807, 2.05) is 13.8 Å². The summed E-state index contributed by atoms with van der Waals surface area (Å²) in [5, 5.41) is 9.72. The van der Waals surface area contributed by atoms with Crippen LogP contribution in [0.25, 0.3) is 0 Å². The number of hydrogen-bond donors (Lipinski definition) is 1. The summed E-state index contributed by atoms with van der Waals surface area (Å²) in [6.07, 6.45) is 1.24. The lowest BCUT2D eigenvalue weighted by Crippen LogP contribution is -2.01. The minimum atomic E-state index is -0.0229. The van der Waals surface area contributed by atoms with Crippen LogP contribution in [0.5, 0.6) is 11.5 Å². The number of hydrogen-bond acceptors (Lipinski definition) is 3. The molecule has 1 N–H and O–H groups in total. The molecule has 0 spiro atoms. The van der Waals surface area contributed by atoms with E-state index in [0.29, 0.717) is 24.3 Å². The molecule has 0 aliphatic rings. The summed E-state index contributed by atoms with van der Waals surface area (Å²) in [4.78, 5) is 10.4. The quantitative estimate of drug-likeness (QED) is 0.756. The zero-order valence-corrected chi connectivity index (χ0v) is 9.06. The van der Waals surface area contributed by atoms with Crippen LogP contribution in [0.2, 0.25) is 0 Å². The van der Waals surface area contributed by atoms with Crippen LogP contribution >= 0.6 is 0 Å². The fourth-order valence-electron chi connectivity index (χ4n) is 1.57. The van der Waals surface area contributed by atoms with Gasteiger partial charge in [-0.05, 0) is 25.0 Å². The Hall–Kier alpha value is -1.51. The molecule has 3 nitrogen and oxygen atoms in total. The average Bonchev–Trinajstić information content (AvgIpc) is 2.18. The first-order valence-electron chi connectivity index (χ1n) is 5.09. The molecule has 15 heavy (non-hydrogen) atoms. The van der Waals surface area contributed by atoms with Gasteiger partial charge in [0.1, 0.15) is 17.8 Å². The highest BCUT2D eigenvalue weighted by atomic mass is 16.5. The average molecular weight is 208 g/mol. The summed E-state index contributed by atoms with van der Waals surface area (Å²) in [5.74, 6) is 0.826. The van der Waals surface area contributed by atoms with Crippen molar-refractivity contribution in [3.63, 3.8) is 0 Å². The Morgan fingerprint density at radius 1 is 1.53 bits per heavy atom. The molecule has 1 aromatic carbocycles. The minimum absolute atomic E-state index is 0.0229. The fourth-order valence-corrected chi connectivity index (χ4v) is 1.57. The predicted octanol–water partition coefficient (Wildman–Crippen LogP) is 2.48. The summed E-state index contributed by atoms with van der Waals surface area (Å²) >= 11 is 0. The molecule has 0 fully saturated rings. The van der Waals surface area contributed by atoms with Crippen LogP contribution in [0, 0.1) is 0 Å². The summed E-state index contributed by atoms with van der Waals surface area (Å²) in [5.41, 5.74) is 0.714. The highest BCUT2D eigenvalue weighted by molar-refractivity contribution is 5.55. The molecular weight excluding hydrogens is 192 g/mol. The number of carbonyl (C=O) groups is 1. The van der Waals surface area contributed by atoms with E-state index in [9.17, 15) is 9.90 Å². The van der Waals surface area contributed by atoms with Crippen molar-refractivity contribution >= 4 is 6.29 Å². The van der Waals surface area contributed by atoms with Crippen molar-refractivity contribution in [3.05, 3.63) is 23.8 Å². The number of rotatable bonds is 5. The second kappa shape index (κ2) is 5.39. The number of aldehydes is 1. The summed E-state index contributed by atoms with van der Waals surface area (Å²) in [7, 11) is 0. The van der Waals surface area contributed by atoms with Crippen molar-refractivity contribution < 1.29 is 14.6 Å². The lowest BCUT2D eigenvalue weighted by molar-refractivity contribution is -0.108. The standard InChI is InChI=1S/C12H16O3/c1-3-15-11-6-4-5-10(14)12(11)9(2)7-8-13/h4-6,8-9,14H,3,7H2,1-2H3. The third-order valence-electron chi connectivity index (χ3n) is 2.29. The molecule has 3 heteroatoms. The van der Waals surface area contributed by atoms with Crippen LogP contribution in [0.15, 0.2) is 18.2 Å². The Labute approximate surface area is 89.7 Å². The monoisotopic (exact) mass is 208 g/mol. The van der Waals surface area contributed by atoms with Crippen molar-refractivity contribution in [1.82, 2.24) is 0 Å². The van der Waals surface area contributed by atoms with Crippen molar-refractivity contribution in [2.45, 2.75) is 26.2 Å². The Kier molecular flexibility index (Phi) is 4.16. The topological polar surface area (TPSA) is 46.5 Å². The highest BCUT2D eigenvalue weighted by Crippen LogP contribution is 2.35. The number of benzene rings is 1. The van der Waals surface area contributed by atoms with Crippen molar-refractivity contribution in [2.75, 3.05) is 6.61 Å². The van der Waals surface area contributed by atoms with Crippen LogP contribution in [-0.2, 0) is 4.79 Å². The van der Waals surface area contributed by atoms with Crippen LogP contribution < -0.4 is 4.74 Å². The molecule has 0 aliphatic carbocycles. The Balaban J connectivity index is 3.05. The van der Waals surface area contributed by atoms with Crippen molar-refractivity contribution in [1.29, 1.82) is 0 Å². The molecule has 0 heterocycles. The lowest BCUT2D eigenvalue weighted by Gasteiger charge is -2.15. The van der Waals surface area contributed by atoms with Gasteiger partial charge in [-0.15, -0.1) is 0 Å². The van der Waals surface area contributed by atoms with E-state index in [0.717, 1.165) is 6.29 Å². The molecule has 1 rings (SSSR count). The predicted molar refractivity (Wildman–Crippen MR) is 58.4 cm³/mol. The van der Waals surface area contributed by atoms with Gasteiger partial charge in [-0.25, -0.2) is 0 Å². The maximum Gasteiger partial charge on any atom is 0.126 e. The zero-order chi connectivity index (χ0) is 11.3. The highest BCUT2D eigenvalue weighted by Gasteiger charge is 2.15. The number of phenols is 1. The third kappa shape index (κ3) is 2.72. The van der Waals surface area contributed by atoms with Gasteiger partial charge in [-0.1, -0.05) is 13.0 Å². The smallest absolute Gasteiger partial charge is 0.126 e. The van der Waals surface area contributed by atoms with Crippen molar-refractivity contribution in [2.24, 2.45) is 0 Å². The van der Waals surface area contributed by atoms with Gasteiger partial charge in [-0.2, -0.15) is 0 Å². The minimum Gasteiger partial charge on any atom is -0.508 e. The Morgan fingerprint density at radius 2 is 2.27 bits per heavy atom. The van der Waals surface area contributed by atoms with Gasteiger partial charge in [0, 0.05) is 12.0 Å². The number of phenolic OH excluding ortho intramolecular Hbond substituents is 1. The number of ether oxygens (including phenoxy) is 1. The van der Waals surface area contributed by atoms with Crippen LogP contribution in [0.1, 0.15) is 31.7 Å². The third-order valence-corrected chi connectivity index (χ3v) is 2.29. The second-order valence-electron chi connectivity index (χ2n) is 3.43. The molecule has 0 aromatic heterocycles. The summed E-state index contributed by atoms with van der Waals surface area (Å²) in [6.45, 7) is 4.33. The fraction of sp³-hybridized carbons (Fsp3) is 0.417. The van der Waals surface area contributed by atoms with Crippen LogP contribution in [0.4, 0.5) is 0 Å². The Bertz CT molecular complexity index is 334. The molecule has 0 saturated heterocycles. The van der Waals surface area contributed by atoms with E-state index in [1.54, 1.807) is 18.2 Å². The molecule has 1 atom stereocenters. The second-order valence-corrected chi connectivity index (χ2v) is 3.43. The van der Waals surface area contributed by atoms with Crippen LogP contribution in [0.3, 0.4) is 0 Å². The van der Waals surface area contributed by atoms with E-state index in [-0.39, 0.29) is 11.7 Å². The van der Waals surface area contributed by atoms with E-state index in [4.69, 9.17) is 4.74 Å². The summed E-state index contributed by atoms with van der Waals surface area (Å²) in [6, 6.07) is 5.15. The Morgan fingerprint density at radius 3 is 2.87 bits per heavy atom. The van der Waals surface area contributed by atoms with Gasteiger partial charge in [0.2, 0.25) is 0 Å². The number of carbonyl (C=O) groups excluding carboxylic acids is 1. The summed E-state index contributed by atoms with van der Waals surface area (Å²) < 4.78 is 5.41. The molecule has 1 unspecified atom stereocenters. The van der Waals surface area contributed by atoms with E-state index in [2.05, 4.69) is 0 Å². The SMILES string of the molecule is CCOc1cccc(O)c1C(C)CC=O. The first kappa shape index (κ1) is 11.6. The molecule has 0 radical (unpaired) electrons. The molecular formula is C12H16O3. The number of aromatic hydroxyl groups is 1. The van der Waals surface area contributed by atoms with Gasteiger partial charge in [-0.3, -0.25) is 0 Å². The normalized spacial score (nSPS) is 12.1. The maximum atomic E-state index is 10.4.